The van der Waals surface area contributed by atoms with E-state index >= 15 is 0 Å². The van der Waals surface area contributed by atoms with Gasteiger partial charge < -0.3 is 0 Å². The van der Waals surface area contributed by atoms with Gasteiger partial charge in [0.05, 0.1) is 0 Å². The van der Waals surface area contributed by atoms with Gasteiger partial charge in [-0.05, 0) is 0 Å². The quantitative estimate of drug-likeness (QED) is 0.296. The Labute approximate surface area is 56.6 Å². The molecule has 0 aromatic carbocycles. The fourth-order valence-corrected chi connectivity index (χ4v) is 0.526. The molecule has 0 saturated heterocycles. The molecule has 0 spiro atoms. The third-order valence-electron chi connectivity index (χ3n) is 0.439. The zero-order chi connectivity index (χ0) is 6.24. The van der Waals surface area contributed by atoms with Crippen LogP contribution in [0.15, 0.2) is 11.5 Å². The van der Waals surface area contributed by atoms with Gasteiger partial charge in [0.1, 0.15) is 0 Å². The first kappa shape index (κ1) is 8.08. The molecular weight excluding hydrogens is 117 g/mol. The third kappa shape index (κ3) is 6.08. The molecule has 0 aromatic heterocycles. The van der Waals surface area contributed by atoms with Crippen molar-refractivity contribution in [2.24, 2.45) is 0 Å². The Morgan fingerprint density at radius 1 is 1.75 bits per heavy atom. The molecule has 40 valence electrons. The SMILES string of the molecule is BB=BOSC=CC. The summed E-state index contributed by atoms with van der Waals surface area (Å²) in [4.78, 5) is 0. The minimum atomic E-state index is 1.31. The van der Waals surface area contributed by atoms with Crippen molar-refractivity contribution in [3.63, 3.8) is 0 Å². The summed E-state index contributed by atoms with van der Waals surface area (Å²) in [5.74, 6) is 0. The molecule has 8 heavy (non-hydrogen) atoms. The molecule has 0 heterocycles. The zero-order valence-corrected chi connectivity index (χ0v) is 5.94. The van der Waals surface area contributed by atoms with Gasteiger partial charge in [-0.15, -0.1) is 0 Å². The first-order chi connectivity index (χ1) is 3.91. The second kappa shape index (κ2) is 7.08. The van der Waals surface area contributed by atoms with Crippen LogP contribution in [0.5, 0.6) is 0 Å². The van der Waals surface area contributed by atoms with Crippen LogP contribution < -0.4 is 0 Å². The van der Waals surface area contributed by atoms with Crippen LogP contribution in [0.25, 0.3) is 0 Å². The van der Waals surface area contributed by atoms with Crippen LogP contribution >= 0.6 is 12.0 Å². The molecule has 0 atom stereocenters. The Kier molecular flexibility index (Phi) is 7.16. The van der Waals surface area contributed by atoms with Gasteiger partial charge in [-0.25, -0.2) is 0 Å². The molecular formula is C3H7B3OS. The predicted octanol–water partition coefficient (Wildman–Crippen LogP) is -0.0287. The van der Waals surface area contributed by atoms with Gasteiger partial charge in [-0.2, -0.15) is 0 Å². The average Bonchev–Trinajstić information content (AvgIpc) is 1.81. The first-order valence-corrected chi connectivity index (χ1v) is 3.26. The summed E-state index contributed by atoms with van der Waals surface area (Å²) >= 11 is 1.31. The van der Waals surface area contributed by atoms with E-state index in [4.69, 9.17) is 4.10 Å². The molecule has 0 radical (unpaired) electrons. The molecule has 0 bridgehead atoms. The number of hydrogen-bond acceptors (Lipinski definition) is 2. The van der Waals surface area contributed by atoms with Crippen LogP contribution in [0.4, 0.5) is 0 Å². The molecule has 0 N–H and O–H groups in total. The van der Waals surface area contributed by atoms with Crippen LogP contribution in [0.1, 0.15) is 6.92 Å². The van der Waals surface area contributed by atoms with Gasteiger partial charge in [0.15, 0.2) is 0 Å². The van der Waals surface area contributed by atoms with Crippen molar-refractivity contribution in [1.82, 2.24) is 0 Å². The summed E-state index contributed by atoms with van der Waals surface area (Å²) in [5, 5.41) is 1.88. The van der Waals surface area contributed by atoms with Crippen LogP contribution in [0.3, 0.4) is 0 Å². The molecule has 0 saturated carbocycles. The molecule has 0 fully saturated rings. The van der Waals surface area contributed by atoms with E-state index < -0.39 is 0 Å². The summed E-state index contributed by atoms with van der Waals surface area (Å²) < 4.78 is 4.87. The van der Waals surface area contributed by atoms with Gasteiger partial charge in [-0.1, -0.05) is 0 Å². The van der Waals surface area contributed by atoms with Gasteiger partial charge in [0, 0.05) is 0 Å². The second-order valence-corrected chi connectivity index (χ2v) is 1.79. The van der Waals surface area contributed by atoms with Crippen molar-refractivity contribution in [3.05, 3.63) is 11.5 Å². The van der Waals surface area contributed by atoms with Crippen molar-refractivity contribution < 1.29 is 4.10 Å². The number of allylic oxidation sites excluding steroid dienone is 1. The van der Waals surface area contributed by atoms with Crippen molar-refractivity contribution in [2.75, 3.05) is 0 Å². The number of hydrogen-bond donors (Lipinski definition) is 0. The van der Waals surface area contributed by atoms with Gasteiger partial charge >= 0.3 is 56.0 Å². The van der Waals surface area contributed by atoms with E-state index in [0.717, 1.165) is 0 Å². The van der Waals surface area contributed by atoms with Gasteiger partial charge in [-0.3, -0.25) is 0 Å². The molecule has 0 unspecified atom stereocenters. The zero-order valence-electron chi connectivity index (χ0n) is 5.13. The topological polar surface area (TPSA) is 9.23 Å². The van der Waals surface area contributed by atoms with Crippen LogP contribution in [0.2, 0.25) is 0 Å². The van der Waals surface area contributed by atoms with Crippen molar-refractivity contribution in [1.29, 1.82) is 0 Å². The minimum absolute atomic E-state index is 1.31. The van der Waals surface area contributed by atoms with Crippen LogP contribution in [-0.2, 0) is 4.10 Å². The standard InChI is InChI=1S/C3H7B3OS/c1-2-3-8-7-6-5-4/h2-3H,4H2,1H3. The van der Waals surface area contributed by atoms with E-state index in [2.05, 4.69) is 0 Å². The molecule has 0 aromatic rings. The molecule has 0 aliphatic carbocycles. The van der Waals surface area contributed by atoms with Crippen LogP contribution in [-0.4, -0.2) is 21.4 Å². The Bertz CT molecular complexity index is 80.5. The number of rotatable bonds is 3. The molecule has 0 aliphatic heterocycles. The van der Waals surface area contributed by atoms with Gasteiger partial charge in [0.25, 0.3) is 0 Å². The monoisotopic (exact) mass is 124 g/mol. The molecule has 5 heteroatoms. The summed E-state index contributed by atoms with van der Waals surface area (Å²) in [5.41, 5.74) is 0. The summed E-state index contributed by atoms with van der Waals surface area (Å²) in [6, 6.07) is 0. The third-order valence-corrected chi connectivity index (χ3v) is 1.04. The Morgan fingerprint density at radius 3 is 3.00 bits per heavy atom. The van der Waals surface area contributed by atoms with Gasteiger partial charge in [0.2, 0.25) is 0 Å². The van der Waals surface area contributed by atoms with Crippen LogP contribution in [0, 0.1) is 0 Å². The van der Waals surface area contributed by atoms with Crippen molar-refractivity contribution >= 4 is 33.5 Å². The maximum absolute atomic E-state index is 4.87. The normalized spacial score (nSPS) is 9.12. The fourth-order valence-electron chi connectivity index (χ4n) is 0.175. The average molecular weight is 124 g/mol. The Hall–Kier alpha value is 0.0848. The van der Waals surface area contributed by atoms with E-state index in [-0.39, 0.29) is 0 Å². The van der Waals surface area contributed by atoms with E-state index in [9.17, 15) is 0 Å². The first-order valence-electron chi connectivity index (χ1n) is 2.46. The maximum atomic E-state index is 4.87. The summed E-state index contributed by atoms with van der Waals surface area (Å²) in [6.07, 6.45) is 1.92. The van der Waals surface area contributed by atoms with Crippen molar-refractivity contribution in [3.8, 4) is 0 Å². The second-order valence-electron chi connectivity index (χ2n) is 1.13. The summed E-state index contributed by atoms with van der Waals surface area (Å²) in [6.45, 7) is 3.79. The molecule has 0 rings (SSSR count). The predicted molar refractivity (Wildman–Crippen MR) is 43.5 cm³/mol. The molecule has 0 aliphatic rings. The molecule has 0 amide bonds. The summed E-state index contributed by atoms with van der Waals surface area (Å²) in [7, 11) is 3.56. The van der Waals surface area contributed by atoms with Crippen molar-refractivity contribution in [2.45, 2.75) is 6.92 Å². The van der Waals surface area contributed by atoms with E-state index in [1.165, 1.54) is 12.0 Å². The Morgan fingerprint density at radius 2 is 2.50 bits per heavy atom. The van der Waals surface area contributed by atoms with E-state index in [0.29, 0.717) is 0 Å². The fraction of sp³-hybridized carbons (Fsp3) is 0.333. The van der Waals surface area contributed by atoms with E-state index in [1.807, 2.05) is 32.8 Å². The Balaban J connectivity index is 2.93. The molecule has 1 nitrogen and oxygen atoms in total. The van der Waals surface area contributed by atoms with E-state index in [1.54, 1.807) is 7.00 Å².